The monoisotopic (exact) mass is 484 g/mol. The van der Waals surface area contributed by atoms with Crippen molar-refractivity contribution in [2.75, 3.05) is 21.3 Å². The van der Waals surface area contributed by atoms with Gasteiger partial charge in [-0.15, -0.1) is 11.3 Å². The predicted octanol–water partition coefficient (Wildman–Crippen LogP) is 5.44. The smallest absolute Gasteiger partial charge is 0.257 e. The van der Waals surface area contributed by atoms with Gasteiger partial charge in [0.15, 0.2) is 0 Å². The molecule has 2 heterocycles. The maximum absolute atomic E-state index is 13.7. The molecule has 0 aliphatic rings. The van der Waals surface area contributed by atoms with E-state index in [1.54, 1.807) is 48.4 Å². The fraction of sp³-hybridized carbons (Fsp3) is 0.148. The van der Waals surface area contributed by atoms with Crippen molar-refractivity contribution < 1.29 is 14.3 Å². The van der Waals surface area contributed by atoms with E-state index in [1.165, 1.54) is 0 Å². The molecule has 0 saturated carbocycles. The van der Waals surface area contributed by atoms with Gasteiger partial charge < -0.3 is 14.4 Å². The molecule has 5 aromatic rings. The molecule has 0 fully saturated rings. The van der Waals surface area contributed by atoms with E-state index in [0.717, 1.165) is 20.9 Å². The summed E-state index contributed by atoms with van der Waals surface area (Å²) in [5, 5.41) is 5.67. The van der Waals surface area contributed by atoms with Gasteiger partial charge in [-0.25, -0.2) is 9.67 Å². The lowest BCUT2D eigenvalue weighted by Gasteiger charge is -2.16. The molecule has 0 saturated heterocycles. The van der Waals surface area contributed by atoms with Gasteiger partial charge in [-0.2, -0.15) is 5.10 Å². The maximum atomic E-state index is 13.7. The Kier molecular flexibility index (Phi) is 6.20. The Hall–Kier alpha value is -4.17. The summed E-state index contributed by atoms with van der Waals surface area (Å²) < 4.78 is 13.8. The summed E-state index contributed by atoms with van der Waals surface area (Å²) in [5.41, 5.74) is 3.45. The first-order valence-corrected chi connectivity index (χ1v) is 11.9. The highest BCUT2D eigenvalue weighted by Gasteiger charge is 2.25. The summed E-state index contributed by atoms with van der Waals surface area (Å²) in [4.78, 5) is 20.1. The van der Waals surface area contributed by atoms with Crippen molar-refractivity contribution in [1.29, 1.82) is 0 Å². The number of ether oxygens (including phenoxy) is 2. The standard InChI is InChI=1S/C27H24N4O3S/c1-30(17-25-28-22-11-7-8-12-24(22)35-25)27(32)21-16-31(18-9-5-4-6-10-18)29-26(21)20-15-19(33-2)13-14-23(20)34-3/h4-16H,17H2,1-3H3. The SMILES string of the molecule is COc1ccc(OC)c(-c2nn(-c3ccccc3)cc2C(=O)N(C)Cc2nc3ccccc3s2)c1. The molecular formula is C27H24N4O3S. The first-order valence-electron chi connectivity index (χ1n) is 11.0. The second-order valence-electron chi connectivity index (χ2n) is 7.97. The number of carbonyl (C=O) groups is 1. The molecule has 35 heavy (non-hydrogen) atoms. The molecule has 176 valence electrons. The van der Waals surface area contributed by atoms with E-state index >= 15 is 0 Å². The molecule has 2 aromatic heterocycles. The van der Waals surface area contributed by atoms with E-state index in [0.29, 0.717) is 34.9 Å². The number of rotatable bonds is 7. The Labute approximate surface area is 207 Å². The minimum absolute atomic E-state index is 0.161. The molecule has 5 rings (SSSR count). The summed E-state index contributed by atoms with van der Waals surface area (Å²) in [6, 6.07) is 23.1. The van der Waals surface area contributed by atoms with Gasteiger partial charge in [0.1, 0.15) is 22.2 Å². The average Bonchev–Trinajstić information content (AvgIpc) is 3.52. The molecule has 0 unspecified atom stereocenters. The summed E-state index contributed by atoms with van der Waals surface area (Å²) in [5.74, 6) is 1.09. The zero-order valence-electron chi connectivity index (χ0n) is 19.6. The van der Waals surface area contributed by atoms with Gasteiger partial charge in [0, 0.05) is 18.8 Å². The number of hydrogen-bond donors (Lipinski definition) is 0. The van der Waals surface area contributed by atoms with Crippen molar-refractivity contribution in [1.82, 2.24) is 19.7 Å². The number of para-hydroxylation sites is 2. The van der Waals surface area contributed by atoms with Crippen LogP contribution in [0.5, 0.6) is 11.5 Å². The van der Waals surface area contributed by atoms with Crippen molar-refractivity contribution in [3.63, 3.8) is 0 Å². The molecule has 0 bridgehead atoms. The number of methoxy groups -OCH3 is 2. The third-order valence-corrected chi connectivity index (χ3v) is 6.71. The van der Waals surface area contributed by atoms with Crippen LogP contribution in [0.25, 0.3) is 27.2 Å². The topological polar surface area (TPSA) is 69.5 Å². The van der Waals surface area contributed by atoms with Crippen LogP contribution in [0.1, 0.15) is 15.4 Å². The zero-order valence-corrected chi connectivity index (χ0v) is 20.5. The summed E-state index contributed by atoms with van der Waals surface area (Å²) in [7, 11) is 4.98. The quantitative estimate of drug-likeness (QED) is 0.308. The second kappa shape index (κ2) is 9.60. The van der Waals surface area contributed by atoms with Crippen molar-refractivity contribution >= 4 is 27.5 Å². The van der Waals surface area contributed by atoms with Gasteiger partial charge in [-0.1, -0.05) is 30.3 Å². The summed E-state index contributed by atoms with van der Waals surface area (Å²) in [6.45, 7) is 0.392. The number of hydrogen-bond acceptors (Lipinski definition) is 6. The van der Waals surface area contributed by atoms with Crippen molar-refractivity contribution in [3.8, 4) is 28.4 Å². The van der Waals surface area contributed by atoms with Crippen LogP contribution in [0, 0.1) is 0 Å². The summed E-state index contributed by atoms with van der Waals surface area (Å²) >= 11 is 1.59. The Balaban J connectivity index is 1.56. The van der Waals surface area contributed by atoms with Gasteiger partial charge in [0.05, 0.1) is 42.2 Å². The Bertz CT molecular complexity index is 1460. The fourth-order valence-corrected chi connectivity index (χ4v) is 4.93. The minimum atomic E-state index is -0.161. The van der Waals surface area contributed by atoms with Crippen LogP contribution in [-0.4, -0.2) is 46.8 Å². The largest absolute Gasteiger partial charge is 0.497 e. The van der Waals surface area contributed by atoms with Gasteiger partial charge in [0.2, 0.25) is 0 Å². The van der Waals surface area contributed by atoms with Gasteiger partial charge in [-0.05, 0) is 42.5 Å². The van der Waals surface area contributed by atoms with Crippen LogP contribution in [0.4, 0.5) is 0 Å². The maximum Gasteiger partial charge on any atom is 0.257 e. The van der Waals surface area contributed by atoms with Crippen LogP contribution in [0.2, 0.25) is 0 Å². The Morgan fingerprint density at radius 2 is 1.77 bits per heavy atom. The van der Waals surface area contributed by atoms with Crippen LogP contribution < -0.4 is 9.47 Å². The van der Waals surface area contributed by atoms with Crippen molar-refractivity contribution in [2.45, 2.75) is 6.54 Å². The minimum Gasteiger partial charge on any atom is -0.497 e. The van der Waals surface area contributed by atoms with Gasteiger partial charge in [0.25, 0.3) is 5.91 Å². The first-order chi connectivity index (χ1) is 17.1. The van der Waals surface area contributed by atoms with E-state index in [1.807, 2.05) is 72.8 Å². The van der Waals surface area contributed by atoms with E-state index in [-0.39, 0.29) is 5.91 Å². The van der Waals surface area contributed by atoms with Crippen molar-refractivity contribution in [2.24, 2.45) is 0 Å². The zero-order chi connectivity index (χ0) is 24.4. The molecule has 1 amide bonds. The van der Waals surface area contributed by atoms with Crippen LogP contribution in [0.3, 0.4) is 0 Å². The molecule has 8 heteroatoms. The lowest BCUT2D eigenvalue weighted by atomic mass is 10.1. The number of benzene rings is 3. The molecule has 0 N–H and O–H groups in total. The molecule has 0 spiro atoms. The van der Waals surface area contributed by atoms with Crippen molar-refractivity contribution in [3.05, 3.63) is 89.6 Å². The van der Waals surface area contributed by atoms with Crippen LogP contribution in [0.15, 0.2) is 79.0 Å². The van der Waals surface area contributed by atoms with Gasteiger partial charge >= 0.3 is 0 Å². The molecule has 0 aliphatic carbocycles. The highest BCUT2D eigenvalue weighted by Crippen LogP contribution is 2.35. The van der Waals surface area contributed by atoms with E-state index in [2.05, 4.69) is 4.98 Å². The second-order valence-corrected chi connectivity index (χ2v) is 9.09. The van der Waals surface area contributed by atoms with Crippen LogP contribution >= 0.6 is 11.3 Å². The highest BCUT2D eigenvalue weighted by atomic mass is 32.1. The average molecular weight is 485 g/mol. The van der Waals surface area contributed by atoms with E-state index in [4.69, 9.17) is 14.6 Å². The molecule has 0 aliphatic heterocycles. The number of carbonyl (C=O) groups excluding carboxylic acids is 1. The Morgan fingerprint density at radius 3 is 2.51 bits per heavy atom. The summed E-state index contributed by atoms with van der Waals surface area (Å²) in [6.07, 6.45) is 1.76. The molecule has 7 nitrogen and oxygen atoms in total. The number of thiazole rings is 1. The predicted molar refractivity (Wildman–Crippen MR) is 138 cm³/mol. The molecule has 3 aromatic carbocycles. The normalized spacial score (nSPS) is 10.9. The molecule has 0 atom stereocenters. The number of aromatic nitrogens is 3. The molecular weight excluding hydrogens is 460 g/mol. The third kappa shape index (κ3) is 4.48. The number of nitrogens with zero attached hydrogens (tertiary/aromatic N) is 4. The molecule has 0 radical (unpaired) electrons. The lowest BCUT2D eigenvalue weighted by Crippen LogP contribution is -2.26. The van der Waals surface area contributed by atoms with Crippen LogP contribution in [-0.2, 0) is 6.54 Å². The third-order valence-electron chi connectivity index (χ3n) is 5.68. The van der Waals surface area contributed by atoms with E-state index < -0.39 is 0 Å². The highest BCUT2D eigenvalue weighted by molar-refractivity contribution is 7.18. The lowest BCUT2D eigenvalue weighted by molar-refractivity contribution is 0.0786. The number of amides is 1. The fourth-order valence-electron chi connectivity index (χ4n) is 3.91. The first kappa shape index (κ1) is 22.6. The van der Waals surface area contributed by atoms with Gasteiger partial charge in [-0.3, -0.25) is 4.79 Å². The number of fused-ring (bicyclic) bond motifs is 1. The Morgan fingerprint density at radius 1 is 1.00 bits per heavy atom. The van der Waals surface area contributed by atoms with E-state index in [9.17, 15) is 4.79 Å².